The van der Waals surface area contributed by atoms with E-state index in [1.54, 1.807) is 24.3 Å². The molecule has 6 nitrogen and oxygen atoms in total. The first kappa shape index (κ1) is 13.7. The third kappa shape index (κ3) is 3.61. The zero-order valence-electron chi connectivity index (χ0n) is 11.0. The number of carbonyl (C=O) groups excluding carboxylic acids is 2. The molecule has 0 bridgehead atoms. The van der Waals surface area contributed by atoms with Crippen molar-refractivity contribution in [1.29, 1.82) is 0 Å². The Hall–Kier alpha value is -2.76. The molecule has 2 aromatic heterocycles. The molecule has 0 aliphatic heterocycles. The van der Waals surface area contributed by atoms with Crippen molar-refractivity contribution in [3.8, 4) is 22.9 Å². The Labute approximate surface area is 115 Å². The molecule has 6 heteroatoms. The van der Waals surface area contributed by atoms with Crippen molar-refractivity contribution < 1.29 is 19.1 Å². The molecule has 0 aliphatic carbocycles. The summed E-state index contributed by atoms with van der Waals surface area (Å²) in [6.07, 6.45) is 3.05. The number of nitrogens with zero attached hydrogens (tertiary/aromatic N) is 2. The number of rotatable bonds is 3. The second-order valence-electron chi connectivity index (χ2n) is 3.95. The minimum atomic E-state index is -0.440. The molecule has 0 aromatic carbocycles. The first-order valence-corrected chi connectivity index (χ1v) is 5.84. The lowest BCUT2D eigenvalue weighted by atomic mass is 10.1. The van der Waals surface area contributed by atoms with Crippen LogP contribution in [0.3, 0.4) is 0 Å². The summed E-state index contributed by atoms with van der Waals surface area (Å²) in [6.45, 7) is 2.61. The number of hydrogen-bond acceptors (Lipinski definition) is 6. The van der Waals surface area contributed by atoms with Gasteiger partial charge >= 0.3 is 11.9 Å². The van der Waals surface area contributed by atoms with Gasteiger partial charge in [-0.3, -0.25) is 9.59 Å². The van der Waals surface area contributed by atoms with Crippen LogP contribution in [0.5, 0.6) is 11.8 Å². The number of ether oxygens (including phenoxy) is 2. The van der Waals surface area contributed by atoms with Crippen molar-refractivity contribution >= 4 is 11.9 Å². The number of carbonyl (C=O) groups is 2. The first-order chi connectivity index (χ1) is 9.54. The third-order valence-electron chi connectivity index (χ3n) is 2.30. The van der Waals surface area contributed by atoms with Crippen LogP contribution in [0.15, 0.2) is 36.7 Å². The highest BCUT2D eigenvalue weighted by Gasteiger charge is 2.06. The van der Waals surface area contributed by atoms with Crippen molar-refractivity contribution in [2.24, 2.45) is 0 Å². The second-order valence-corrected chi connectivity index (χ2v) is 3.95. The van der Waals surface area contributed by atoms with Crippen molar-refractivity contribution in [1.82, 2.24) is 9.97 Å². The van der Waals surface area contributed by atoms with Crippen LogP contribution in [0.4, 0.5) is 0 Å². The lowest BCUT2D eigenvalue weighted by molar-refractivity contribution is -0.133. The molecular weight excluding hydrogens is 260 g/mol. The fraction of sp³-hybridized carbons (Fsp3) is 0.143. The van der Waals surface area contributed by atoms with Gasteiger partial charge in [0.25, 0.3) is 0 Å². The van der Waals surface area contributed by atoms with Crippen LogP contribution in [-0.2, 0) is 9.59 Å². The maximum Gasteiger partial charge on any atom is 0.309 e. The summed E-state index contributed by atoms with van der Waals surface area (Å²) >= 11 is 0. The van der Waals surface area contributed by atoms with E-state index in [1.807, 2.05) is 0 Å². The van der Waals surface area contributed by atoms with Crippen molar-refractivity contribution in [3.63, 3.8) is 0 Å². The van der Waals surface area contributed by atoms with Crippen molar-refractivity contribution in [3.05, 3.63) is 36.7 Å². The van der Waals surface area contributed by atoms with Crippen LogP contribution in [0.2, 0.25) is 0 Å². The highest BCUT2D eigenvalue weighted by molar-refractivity contribution is 5.72. The van der Waals surface area contributed by atoms with Gasteiger partial charge in [-0.25, -0.2) is 9.97 Å². The van der Waals surface area contributed by atoms with Gasteiger partial charge in [-0.2, -0.15) is 0 Å². The molecule has 2 heterocycles. The van der Waals surface area contributed by atoms with Crippen molar-refractivity contribution in [2.75, 3.05) is 0 Å². The van der Waals surface area contributed by atoms with Crippen LogP contribution < -0.4 is 9.47 Å². The Morgan fingerprint density at radius 2 is 1.25 bits per heavy atom. The van der Waals surface area contributed by atoms with Gasteiger partial charge < -0.3 is 9.47 Å². The molecular formula is C14H12N2O4. The van der Waals surface area contributed by atoms with Crippen LogP contribution in [0.1, 0.15) is 13.8 Å². The molecule has 0 unspecified atom stereocenters. The zero-order valence-corrected chi connectivity index (χ0v) is 11.0. The molecule has 0 spiro atoms. The topological polar surface area (TPSA) is 78.4 Å². The standard InChI is InChI=1S/C14H12N2O4/c1-9(17)19-13-7-11(3-5-15-13)12-4-6-16-14(8-12)20-10(2)18/h3-8H,1-2H3. The normalized spacial score (nSPS) is 9.90. The SMILES string of the molecule is CC(=O)Oc1cc(-c2ccnc(OC(C)=O)c2)ccn1. The van der Waals surface area contributed by atoms with E-state index < -0.39 is 11.9 Å². The van der Waals surface area contributed by atoms with Gasteiger partial charge in [-0.15, -0.1) is 0 Å². The first-order valence-electron chi connectivity index (χ1n) is 5.84. The van der Waals surface area contributed by atoms with Gasteiger partial charge in [0.05, 0.1) is 0 Å². The van der Waals surface area contributed by atoms with E-state index in [2.05, 4.69) is 9.97 Å². The summed E-state index contributed by atoms with van der Waals surface area (Å²) in [6, 6.07) is 6.74. The highest BCUT2D eigenvalue weighted by Crippen LogP contribution is 2.24. The fourth-order valence-corrected chi connectivity index (χ4v) is 1.58. The molecule has 0 radical (unpaired) electrons. The Kier molecular flexibility index (Phi) is 4.05. The molecule has 0 saturated carbocycles. The average molecular weight is 272 g/mol. The summed E-state index contributed by atoms with van der Waals surface area (Å²) in [4.78, 5) is 29.7. The second kappa shape index (κ2) is 5.92. The minimum absolute atomic E-state index is 0.209. The number of pyridine rings is 2. The molecule has 20 heavy (non-hydrogen) atoms. The largest absolute Gasteiger partial charge is 0.408 e. The van der Waals surface area contributed by atoms with Gasteiger partial charge in [0.1, 0.15) is 0 Å². The maximum atomic E-state index is 10.9. The lowest BCUT2D eigenvalue weighted by Gasteiger charge is -2.06. The molecule has 0 fully saturated rings. The molecule has 0 amide bonds. The molecule has 0 aliphatic rings. The van der Waals surface area contributed by atoms with Crippen LogP contribution >= 0.6 is 0 Å². The van der Waals surface area contributed by atoms with Crippen LogP contribution in [0, 0.1) is 0 Å². The molecule has 0 saturated heterocycles. The van der Waals surface area contributed by atoms with Gasteiger partial charge in [0.2, 0.25) is 11.8 Å². The van der Waals surface area contributed by atoms with E-state index in [4.69, 9.17) is 9.47 Å². The highest BCUT2D eigenvalue weighted by atomic mass is 16.5. The average Bonchev–Trinajstić information content (AvgIpc) is 2.38. The Bertz CT molecular complexity index is 598. The third-order valence-corrected chi connectivity index (χ3v) is 2.30. The summed E-state index contributed by atoms with van der Waals surface area (Å²) in [5.41, 5.74) is 1.54. The van der Waals surface area contributed by atoms with E-state index >= 15 is 0 Å². The Balaban J connectivity index is 2.31. The number of aromatic nitrogens is 2. The van der Waals surface area contributed by atoms with E-state index in [0.717, 1.165) is 11.1 Å². The minimum Gasteiger partial charge on any atom is -0.408 e. The predicted octanol–water partition coefficient (Wildman–Crippen LogP) is 1.99. The molecule has 0 atom stereocenters. The van der Waals surface area contributed by atoms with Crippen LogP contribution in [0.25, 0.3) is 11.1 Å². The molecule has 2 rings (SSSR count). The Morgan fingerprint density at radius 1 is 0.850 bits per heavy atom. The predicted molar refractivity (Wildman–Crippen MR) is 70.1 cm³/mol. The molecule has 2 aromatic rings. The summed E-state index contributed by atoms with van der Waals surface area (Å²) in [5, 5.41) is 0. The lowest BCUT2D eigenvalue weighted by Crippen LogP contribution is -2.03. The summed E-state index contributed by atoms with van der Waals surface area (Å²) in [5.74, 6) is -0.461. The van der Waals surface area contributed by atoms with Gasteiger partial charge in [-0.05, 0) is 23.3 Å². The van der Waals surface area contributed by atoms with Crippen molar-refractivity contribution in [2.45, 2.75) is 13.8 Å². The molecule has 0 N–H and O–H groups in total. The molecule has 102 valence electrons. The van der Waals surface area contributed by atoms with Crippen LogP contribution in [-0.4, -0.2) is 21.9 Å². The Morgan fingerprint density at radius 3 is 1.60 bits per heavy atom. The van der Waals surface area contributed by atoms with E-state index in [0.29, 0.717) is 0 Å². The summed E-state index contributed by atoms with van der Waals surface area (Å²) in [7, 11) is 0. The fourth-order valence-electron chi connectivity index (χ4n) is 1.58. The van der Waals surface area contributed by atoms with Gasteiger partial charge in [-0.1, -0.05) is 0 Å². The van der Waals surface area contributed by atoms with E-state index in [1.165, 1.54) is 26.2 Å². The smallest absolute Gasteiger partial charge is 0.309 e. The van der Waals surface area contributed by atoms with Gasteiger partial charge in [0, 0.05) is 38.4 Å². The van der Waals surface area contributed by atoms with E-state index in [9.17, 15) is 9.59 Å². The van der Waals surface area contributed by atoms with Gasteiger partial charge in [0.15, 0.2) is 0 Å². The number of hydrogen-bond donors (Lipinski definition) is 0. The summed E-state index contributed by atoms with van der Waals surface area (Å²) < 4.78 is 9.84. The zero-order chi connectivity index (χ0) is 14.5. The number of esters is 2. The van der Waals surface area contributed by atoms with E-state index in [-0.39, 0.29) is 11.8 Å². The maximum absolute atomic E-state index is 10.9. The monoisotopic (exact) mass is 272 g/mol. The quantitative estimate of drug-likeness (QED) is 0.795.